The molecule has 0 saturated carbocycles. The standard InChI is InChI=1S/C22H20FN3O6S/c1-13-11-18(25-21(29)16-3-2-10-31-16)33-20(13)22(30)32-12-19(28)26(9-8-17(24)27)15-6-4-14(23)5-7-15/h2-7,10-11H,8-9,12H2,1H3,(H2,24,27)(H,25,29). The summed E-state index contributed by atoms with van der Waals surface area (Å²) in [5.74, 6) is -2.83. The number of amides is 3. The molecule has 0 fully saturated rings. The summed E-state index contributed by atoms with van der Waals surface area (Å²) < 4.78 is 23.4. The summed E-state index contributed by atoms with van der Waals surface area (Å²) in [6, 6.07) is 9.75. The molecule has 3 rings (SSSR count). The van der Waals surface area contributed by atoms with Crippen LogP contribution >= 0.6 is 11.3 Å². The van der Waals surface area contributed by atoms with Gasteiger partial charge in [0, 0.05) is 18.7 Å². The molecule has 0 aliphatic rings. The molecule has 2 aromatic heterocycles. The Bertz CT molecular complexity index is 1160. The van der Waals surface area contributed by atoms with Crippen molar-refractivity contribution >= 4 is 45.7 Å². The quantitative estimate of drug-likeness (QED) is 0.459. The molecule has 0 unspecified atom stereocenters. The number of nitrogens with two attached hydrogens (primary N) is 1. The predicted molar refractivity (Wildman–Crippen MR) is 119 cm³/mol. The van der Waals surface area contributed by atoms with Gasteiger partial charge in [-0.3, -0.25) is 14.4 Å². The number of nitrogens with zero attached hydrogens (tertiary/aromatic N) is 1. The Kier molecular flexibility index (Phi) is 7.57. The van der Waals surface area contributed by atoms with Crippen molar-refractivity contribution in [1.29, 1.82) is 0 Å². The smallest absolute Gasteiger partial charge is 0.349 e. The second kappa shape index (κ2) is 10.6. The van der Waals surface area contributed by atoms with E-state index in [4.69, 9.17) is 14.9 Å². The molecule has 1 aromatic carbocycles. The number of thiophene rings is 1. The van der Waals surface area contributed by atoms with Crippen LogP contribution in [0.4, 0.5) is 15.1 Å². The lowest BCUT2D eigenvalue weighted by molar-refractivity contribution is -0.121. The number of primary amides is 1. The van der Waals surface area contributed by atoms with Crippen LogP contribution < -0.4 is 16.0 Å². The van der Waals surface area contributed by atoms with E-state index >= 15 is 0 Å². The molecule has 11 heteroatoms. The van der Waals surface area contributed by atoms with Crippen molar-refractivity contribution in [3.05, 3.63) is 70.7 Å². The first-order valence-electron chi connectivity index (χ1n) is 9.71. The third kappa shape index (κ3) is 6.26. The topological polar surface area (TPSA) is 132 Å². The Morgan fingerprint density at radius 3 is 2.55 bits per heavy atom. The minimum atomic E-state index is -0.752. The fourth-order valence-electron chi connectivity index (χ4n) is 2.84. The van der Waals surface area contributed by atoms with E-state index in [0.29, 0.717) is 16.3 Å². The lowest BCUT2D eigenvalue weighted by Gasteiger charge is -2.22. The molecule has 0 aliphatic carbocycles. The molecule has 0 atom stereocenters. The van der Waals surface area contributed by atoms with E-state index in [1.807, 2.05) is 0 Å². The number of hydrogen-bond donors (Lipinski definition) is 2. The van der Waals surface area contributed by atoms with Gasteiger partial charge in [0.1, 0.15) is 10.7 Å². The minimum Gasteiger partial charge on any atom is -0.459 e. The summed E-state index contributed by atoms with van der Waals surface area (Å²) in [4.78, 5) is 49.9. The number of hydrogen-bond acceptors (Lipinski definition) is 7. The number of ether oxygens (including phenoxy) is 1. The van der Waals surface area contributed by atoms with Gasteiger partial charge in [-0.25, -0.2) is 9.18 Å². The first kappa shape index (κ1) is 23.7. The molecule has 0 spiro atoms. The third-order valence-electron chi connectivity index (χ3n) is 4.43. The van der Waals surface area contributed by atoms with Gasteiger partial charge in [-0.05, 0) is 55.0 Å². The van der Waals surface area contributed by atoms with Gasteiger partial charge in [0.15, 0.2) is 12.4 Å². The number of aryl methyl sites for hydroxylation is 1. The Labute approximate surface area is 191 Å². The van der Waals surface area contributed by atoms with E-state index in [9.17, 15) is 23.6 Å². The number of esters is 1. The van der Waals surface area contributed by atoms with Crippen LogP contribution in [-0.4, -0.2) is 36.8 Å². The van der Waals surface area contributed by atoms with Crippen molar-refractivity contribution in [1.82, 2.24) is 0 Å². The molecule has 2 heterocycles. The Hall–Kier alpha value is -3.99. The highest BCUT2D eigenvalue weighted by atomic mass is 32.1. The van der Waals surface area contributed by atoms with Gasteiger partial charge >= 0.3 is 5.97 Å². The highest BCUT2D eigenvalue weighted by molar-refractivity contribution is 7.18. The molecule has 33 heavy (non-hydrogen) atoms. The van der Waals surface area contributed by atoms with Gasteiger partial charge in [0.05, 0.1) is 11.3 Å². The number of rotatable bonds is 9. The molecule has 3 amide bonds. The van der Waals surface area contributed by atoms with Crippen LogP contribution in [0.3, 0.4) is 0 Å². The van der Waals surface area contributed by atoms with E-state index in [0.717, 1.165) is 11.3 Å². The Balaban J connectivity index is 1.64. The summed E-state index contributed by atoms with van der Waals surface area (Å²) in [5, 5.41) is 3.03. The molecule has 3 aromatic rings. The zero-order chi connectivity index (χ0) is 24.0. The van der Waals surface area contributed by atoms with Gasteiger partial charge in [0.2, 0.25) is 5.91 Å². The number of carbonyl (C=O) groups is 4. The second-order valence-corrected chi connectivity index (χ2v) is 7.92. The maximum Gasteiger partial charge on any atom is 0.349 e. The maximum atomic E-state index is 13.2. The molecule has 0 aliphatic heterocycles. The first-order chi connectivity index (χ1) is 15.7. The fourth-order valence-corrected chi connectivity index (χ4v) is 3.80. The zero-order valence-electron chi connectivity index (χ0n) is 17.5. The second-order valence-electron chi connectivity index (χ2n) is 6.87. The molecule has 0 bridgehead atoms. The van der Waals surface area contributed by atoms with Gasteiger partial charge in [-0.1, -0.05) is 0 Å². The molecule has 0 saturated heterocycles. The third-order valence-corrected chi connectivity index (χ3v) is 5.57. The van der Waals surface area contributed by atoms with Gasteiger partial charge in [-0.15, -0.1) is 11.3 Å². The zero-order valence-corrected chi connectivity index (χ0v) is 18.3. The lowest BCUT2D eigenvalue weighted by Crippen LogP contribution is -2.37. The molecule has 9 nitrogen and oxygen atoms in total. The normalized spacial score (nSPS) is 10.5. The SMILES string of the molecule is Cc1cc(NC(=O)c2ccco2)sc1C(=O)OCC(=O)N(CCC(N)=O)c1ccc(F)cc1. The minimum absolute atomic E-state index is 0.0572. The number of nitrogens with one attached hydrogen (secondary N) is 1. The van der Waals surface area contributed by atoms with Gasteiger partial charge < -0.3 is 25.1 Å². The number of benzene rings is 1. The van der Waals surface area contributed by atoms with Gasteiger partial charge in [0.25, 0.3) is 11.8 Å². The molecule has 172 valence electrons. The van der Waals surface area contributed by atoms with E-state index in [-0.39, 0.29) is 23.6 Å². The summed E-state index contributed by atoms with van der Waals surface area (Å²) in [6.07, 6.45) is 1.24. The van der Waals surface area contributed by atoms with Crippen LogP contribution in [0, 0.1) is 12.7 Å². The Morgan fingerprint density at radius 2 is 1.91 bits per heavy atom. The molecule has 0 radical (unpaired) electrons. The summed E-state index contributed by atoms with van der Waals surface area (Å²) in [7, 11) is 0. The van der Waals surface area contributed by atoms with E-state index in [1.54, 1.807) is 19.1 Å². The van der Waals surface area contributed by atoms with Crippen molar-refractivity contribution < 1.29 is 32.7 Å². The number of anilines is 2. The number of halogens is 1. The van der Waals surface area contributed by atoms with E-state index in [2.05, 4.69) is 5.32 Å². The van der Waals surface area contributed by atoms with Crippen LogP contribution in [0.2, 0.25) is 0 Å². The fraction of sp³-hybridized carbons (Fsp3) is 0.182. The summed E-state index contributed by atoms with van der Waals surface area (Å²) in [5.41, 5.74) is 6.05. The van der Waals surface area contributed by atoms with Crippen molar-refractivity contribution in [2.45, 2.75) is 13.3 Å². The Morgan fingerprint density at radius 1 is 1.18 bits per heavy atom. The van der Waals surface area contributed by atoms with Gasteiger partial charge in [-0.2, -0.15) is 0 Å². The molecular formula is C22H20FN3O6S. The van der Waals surface area contributed by atoms with E-state index in [1.165, 1.54) is 41.5 Å². The average molecular weight is 473 g/mol. The predicted octanol–water partition coefficient (Wildman–Crippen LogP) is 3.11. The van der Waals surface area contributed by atoms with Crippen LogP contribution in [0.15, 0.2) is 53.1 Å². The van der Waals surface area contributed by atoms with Crippen molar-refractivity contribution in [3.63, 3.8) is 0 Å². The van der Waals surface area contributed by atoms with Crippen LogP contribution in [-0.2, 0) is 14.3 Å². The van der Waals surface area contributed by atoms with Crippen LogP contribution in [0.1, 0.15) is 32.2 Å². The van der Waals surface area contributed by atoms with E-state index < -0.39 is 36.1 Å². The van der Waals surface area contributed by atoms with Crippen LogP contribution in [0.25, 0.3) is 0 Å². The van der Waals surface area contributed by atoms with Crippen molar-refractivity contribution in [2.24, 2.45) is 5.73 Å². The lowest BCUT2D eigenvalue weighted by atomic mass is 10.2. The number of furan rings is 1. The highest BCUT2D eigenvalue weighted by Gasteiger charge is 2.22. The molecular weight excluding hydrogens is 453 g/mol. The summed E-state index contributed by atoms with van der Waals surface area (Å²) in [6.45, 7) is 0.994. The van der Waals surface area contributed by atoms with Crippen molar-refractivity contribution in [3.8, 4) is 0 Å². The largest absolute Gasteiger partial charge is 0.459 e. The van der Waals surface area contributed by atoms with Crippen LogP contribution in [0.5, 0.6) is 0 Å². The average Bonchev–Trinajstić information content (AvgIpc) is 3.43. The summed E-state index contributed by atoms with van der Waals surface area (Å²) >= 11 is 0.990. The highest BCUT2D eigenvalue weighted by Crippen LogP contribution is 2.28. The molecule has 3 N–H and O–H groups in total. The number of carbonyl (C=O) groups excluding carboxylic acids is 4. The van der Waals surface area contributed by atoms with Crippen molar-refractivity contribution in [2.75, 3.05) is 23.4 Å². The maximum absolute atomic E-state index is 13.2. The monoisotopic (exact) mass is 473 g/mol. The first-order valence-corrected chi connectivity index (χ1v) is 10.5.